The Bertz CT molecular complexity index is 1240. The molecule has 0 N–H and O–H groups in total. The lowest BCUT2D eigenvalue weighted by Gasteiger charge is -2.36. The number of carbonyl (C=O) groups excluding carboxylic acids is 1. The Morgan fingerprint density at radius 1 is 1.11 bits per heavy atom. The fourth-order valence-electron chi connectivity index (χ4n) is 6.31. The van der Waals surface area contributed by atoms with Gasteiger partial charge in [-0.15, -0.1) is 11.3 Å². The van der Waals surface area contributed by atoms with Gasteiger partial charge in [-0.05, 0) is 67.7 Å². The van der Waals surface area contributed by atoms with Crippen LogP contribution in [-0.4, -0.2) is 51.9 Å². The first-order valence-corrected chi connectivity index (χ1v) is 14.4. The quantitative estimate of drug-likeness (QED) is 0.525. The molecular formula is C29H35N5OS. The lowest BCUT2D eigenvalue weighted by atomic mass is 9.85. The zero-order valence-electron chi connectivity index (χ0n) is 21.4. The van der Waals surface area contributed by atoms with Crippen molar-refractivity contribution >= 4 is 34.7 Å². The van der Waals surface area contributed by atoms with E-state index in [0.29, 0.717) is 5.92 Å². The third-order valence-electron chi connectivity index (χ3n) is 8.55. The lowest BCUT2D eigenvalue weighted by molar-refractivity contribution is -0.128. The third kappa shape index (κ3) is 4.42. The van der Waals surface area contributed by atoms with E-state index in [1.165, 1.54) is 28.0 Å². The lowest BCUT2D eigenvalue weighted by Crippen LogP contribution is -2.40. The minimum Gasteiger partial charge on any atom is -0.351 e. The molecule has 0 spiro atoms. The van der Waals surface area contributed by atoms with Crippen molar-refractivity contribution in [2.45, 2.75) is 64.7 Å². The normalized spacial score (nSPS) is 22.7. The molecule has 0 saturated carbocycles. The first-order valence-electron chi connectivity index (χ1n) is 13.5. The Balaban J connectivity index is 1.24. The highest BCUT2D eigenvalue weighted by molar-refractivity contribution is 7.10. The van der Waals surface area contributed by atoms with E-state index in [1.807, 2.05) is 11.7 Å². The van der Waals surface area contributed by atoms with Crippen LogP contribution in [-0.2, 0) is 4.79 Å². The Labute approximate surface area is 217 Å². The van der Waals surface area contributed by atoms with Crippen molar-refractivity contribution in [2.75, 3.05) is 31.1 Å². The summed E-state index contributed by atoms with van der Waals surface area (Å²) in [7, 11) is 0. The number of rotatable bonds is 4. The molecule has 2 aromatic rings. The van der Waals surface area contributed by atoms with Crippen LogP contribution in [0.1, 0.15) is 80.8 Å². The van der Waals surface area contributed by atoms with E-state index in [2.05, 4.69) is 45.8 Å². The molecule has 7 heteroatoms. The van der Waals surface area contributed by atoms with Gasteiger partial charge in [0.05, 0.1) is 16.1 Å². The van der Waals surface area contributed by atoms with Gasteiger partial charge in [-0.25, -0.2) is 9.97 Å². The SMILES string of the molecule is CCC1CCN(C(=O)C2=CC3=C(CC2)CCN(c2ncnc4c2C=C(c2cncs2)CC4C)C3)CC1. The van der Waals surface area contributed by atoms with Gasteiger partial charge in [-0.2, -0.15) is 0 Å². The molecule has 0 aromatic carbocycles. The first kappa shape index (κ1) is 23.6. The number of allylic oxidation sites excluding steroid dienone is 1. The molecule has 36 heavy (non-hydrogen) atoms. The van der Waals surface area contributed by atoms with Crippen molar-refractivity contribution in [1.29, 1.82) is 0 Å². The molecular weight excluding hydrogens is 466 g/mol. The average Bonchev–Trinajstić information content (AvgIpc) is 3.47. The number of aromatic nitrogens is 3. The molecule has 1 amide bonds. The molecule has 1 unspecified atom stereocenters. The van der Waals surface area contributed by atoms with E-state index in [9.17, 15) is 4.79 Å². The Morgan fingerprint density at radius 3 is 2.75 bits per heavy atom. The molecule has 0 radical (unpaired) electrons. The molecule has 188 valence electrons. The molecule has 6 rings (SSSR count). The second kappa shape index (κ2) is 9.92. The van der Waals surface area contributed by atoms with Crippen LogP contribution in [0.4, 0.5) is 5.82 Å². The zero-order chi connectivity index (χ0) is 24.6. The van der Waals surface area contributed by atoms with E-state index in [4.69, 9.17) is 4.98 Å². The van der Waals surface area contributed by atoms with Crippen LogP contribution in [0.2, 0.25) is 0 Å². The van der Waals surface area contributed by atoms with Crippen molar-refractivity contribution in [3.8, 4) is 0 Å². The first-order chi connectivity index (χ1) is 17.6. The third-order valence-corrected chi connectivity index (χ3v) is 9.40. The highest BCUT2D eigenvalue weighted by Crippen LogP contribution is 2.42. The monoisotopic (exact) mass is 501 g/mol. The largest absolute Gasteiger partial charge is 0.351 e. The van der Waals surface area contributed by atoms with Gasteiger partial charge in [0.15, 0.2) is 0 Å². The zero-order valence-corrected chi connectivity index (χ0v) is 22.2. The smallest absolute Gasteiger partial charge is 0.249 e. The molecule has 4 aliphatic rings. The average molecular weight is 502 g/mol. The minimum absolute atomic E-state index is 0.263. The Morgan fingerprint density at radius 2 is 1.97 bits per heavy atom. The summed E-state index contributed by atoms with van der Waals surface area (Å²) in [5, 5.41) is 0. The van der Waals surface area contributed by atoms with Crippen molar-refractivity contribution in [3.05, 3.63) is 57.0 Å². The molecule has 2 aromatic heterocycles. The highest BCUT2D eigenvalue weighted by atomic mass is 32.1. The summed E-state index contributed by atoms with van der Waals surface area (Å²) in [6.45, 7) is 8.11. The molecule has 6 nitrogen and oxygen atoms in total. The number of nitrogens with zero attached hydrogens (tertiary/aromatic N) is 5. The maximum atomic E-state index is 13.3. The van der Waals surface area contributed by atoms with E-state index in [-0.39, 0.29) is 5.91 Å². The van der Waals surface area contributed by atoms with Crippen LogP contribution in [0, 0.1) is 5.92 Å². The van der Waals surface area contributed by atoms with Crippen molar-refractivity contribution in [1.82, 2.24) is 19.9 Å². The van der Waals surface area contributed by atoms with Gasteiger partial charge in [0, 0.05) is 49.4 Å². The van der Waals surface area contributed by atoms with Gasteiger partial charge in [0.1, 0.15) is 12.1 Å². The molecule has 1 atom stereocenters. The van der Waals surface area contributed by atoms with E-state index in [1.54, 1.807) is 17.7 Å². The number of hydrogen-bond donors (Lipinski definition) is 0. The number of thiazole rings is 1. The molecule has 1 saturated heterocycles. The molecule has 2 aliphatic heterocycles. The number of piperidine rings is 1. The summed E-state index contributed by atoms with van der Waals surface area (Å²) < 4.78 is 0. The number of amides is 1. The second-order valence-corrected chi connectivity index (χ2v) is 11.6. The second-order valence-electron chi connectivity index (χ2n) is 10.8. The predicted octanol–water partition coefficient (Wildman–Crippen LogP) is 5.86. The van der Waals surface area contributed by atoms with Gasteiger partial charge in [-0.1, -0.05) is 25.8 Å². The van der Waals surface area contributed by atoms with Crippen molar-refractivity contribution in [2.24, 2.45) is 5.92 Å². The van der Waals surface area contributed by atoms with Crippen LogP contribution >= 0.6 is 11.3 Å². The van der Waals surface area contributed by atoms with Crippen molar-refractivity contribution in [3.63, 3.8) is 0 Å². The maximum absolute atomic E-state index is 13.3. The fourth-order valence-corrected chi connectivity index (χ4v) is 6.96. The molecule has 4 heterocycles. The van der Waals surface area contributed by atoms with Gasteiger partial charge in [-0.3, -0.25) is 9.78 Å². The molecule has 2 aliphatic carbocycles. The Kier molecular flexibility index (Phi) is 6.50. The van der Waals surface area contributed by atoms with Crippen molar-refractivity contribution < 1.29 is 4.79 Å². The minimum atomic E-state index is 0.263. The summed E-state index contributed by atoms with van der Waals surface area (Å²) in [5.74, 6) is 2.41. The van der Waals surface area contributed by atoms with E-state index >= 15 is 0 Å². The predicted molar refractivity (Wildman–Crippen MR) is 146 cm³/mol. The summed E-state index contributed by atoms with van der Waals surface area (Å²) >= 11 is 1.69. The standard InChI is InChI=1S/C29H35N5OS/c1-3-20-6-9-33(10-7-20)29(35)22-5-4-21-8-11-34(16-24(21)13-22)28-25-14-23(26-15-30-18-36-26)12-19(2)27(25)31-17-32-28/h13-15,17-20H,3-12,16H2,1-2H3. The van der Waals surface area contributed by atoms with E-state index in [0.717, 1.165) is 93.3 Å². The van der Waals surface area contributed by atoms with Crippen LogP contribution in [0.25, 0.3) is 11.6 Å². The van der Waals surface area contributed by atoms with Crippen LogP contribution in [0.15, 0.2) is 40.8 Å². The van der Waals surface area contributed by atoms with Crippen LogP contribution < -0.4 is 4.90 Å². The fraction of sp³-hybridized carbons (Fsp3) is 0.517. The van der Waals surface area contributed by atoms with Gasteiger partial charge in [0.25, 0.3) is 0 Å². The molecule has 1 fully saturated rings. The Hall–Kier alpha value is -2.80. The summed E-state index contributed by atoms with van der Waals surface area (Å²) in [6, 6.07) is 0. The number of likely N-dealkylation sites (tertiary alicyclic amines) is 1. The maximum Gasteiger partial charge on any atom is 0.249 e. The van der Waals surface area contributed by atoms with Gasteiger partial charge in [0.2, 0.25) is 5.91 Å². The van der Waals surface area contributed by atoms with Crippen LogP contribution in [0.3, 0.4) is 0 Å². The number of hydrogen-bond acceptors (Lipinski definition) is 6. The number of anilines is 1. The number of carbonyl (C=O) groups is 1. The summed E-state index contributed by atoms with van der Waals surface area (Å²) in [4.78, 5) is 32.8. The topological polar surface area (TPSA) is 62.2 Å². The number of fused-ring (bicyclic) bond motifs is 1. The van der Waals surface area contributed by atoms with Crippen LogP contribution in [0.5, 0.6) is 0 Å². The summed E-state index contributed by atoms with van der Waals surface area (Å²) in [6.07, 6.45) is 15.6. The molecule has 0 bridgehead atoms. The van der Waals surface area contributed by atoms with Gasteiger partial charge < -0.3 is 9.80 Å². The van der Waals surface area contributed by atoms with E-state index < -0.39 is 0 Å². The van der Waals surface area contributed by atoms with Gasteiger partial charge >= 0.3 is 0 Å². The summed E-state index contributed by atoms with van der Waals surface area (Å²) in [5.41, 5.74) is 9.35. The highest BCUT2D eigenvalue weighted by Gasteiger charge is 2.30.